The summed E-state index contributed by atoms with van der Waals surface area (Å²) in [5.74, 6) is -0.489. The second-order valence-electron chi connectivity index (χ2n) is 7.55. The van der Waals surface area contributed by atoms with Crippen LogP contribution >= 0.6 is 11.3 Å². The van der Waals surface area contributed by atoms with Crippen molar-refractivity contribution >= 4 is 45.6 Å². The standard InChI is InChI=1S/C23H23N5O3S/c1-3-15-6-4-5-7-19(15)28-13-17(12-20(28)30)22-26-27-23(32-22)25-21(31)16-8-10-18(11-9-16)24-14(2)29/h4-11,17H,3,12-13H2,1-2H3,(H,24,29)(H,25,27,31)/t17-/m1/s1. The third-order valence-electron chi connectivity index (χ3n) is 5.27. The molecule has 1 aliphatic rings. The minimum absolute atomic E-state index is 0.0625. The predicted molar refractivity (Wildman–Crippen MR) is 124 cm³/mol. The summed E-state index contributed by atoms with van der Waals surface area (Å²) in [4.78, 5) is 38.1. The van der Waals surface area contributed by atoms with Crippen molar-refractivity contribution in [1.29, 1.82) is 0 Å². The molecule has 0 bridgehead atoms. The number of nitrogens with one attached hydrogen (secondary N) is 2. The summed E-state index contributed by atoms with van der Waals surface area (Å²) in [6.07, 6.45) is 1.22. The number of benzene rings is 2. The van der Waals surface area contributed by atoms with Crippen molar-refractivity contribution in [2.24, 2.45) is 0 Å². The van der Waals surface area contributed by atoms with E-state index in [1.165, 1.54) is 18.3 Å². The molecular weight excluding hydrogens is 426 g/mol. The van der Waals surface area contributed by atoms with Crippen LogP contribution in [-0.2, 0) is 16.0 Å². The van der Waals surface area contributed by atoms with Gasteiger partial charge in [-0.05, 0) is 42.3 Å². The Hall–Kier alpha value is -3.59. The average molecular weight is 450 g/mol. The highest BCUT2D eigenvalue weighted by Crippen LogP contribution is 2.35. The van der Waals surface area contributed by atoms with Gasteiger partial charge in [-0.25, -0.2) is 0 Å². The molecule has 3 aromatic rings. The number of amides is 3. The number of carbonyl (C=O) groups excluding carboxylic acids is 3. The zero-order valence-corrected chi connectivity index (χ0v) is 18.6. The fourth-order valence-corrected chi connectivity index (χ4v) is 4.54. The lowest BCUT2D eigenvalue weighted by molar-refractivity contribution is -0.117. The van der Waals surface area contributed by atoms with Gasteiger partial charge in [0, 0.05) is 42.7 Å². The van der Waals surface area contributed by atoms with Gasteiger partial charge in [-0.3, -0.25) is 19.7 Å². The van der Waals surface area contributed by atoms with Crippen molar-refractivity contribution in [3.63, 3.8) is 0 Å². The Kier molecular flexibility index (Phi) is 6.27. The van der Waals surface area contributed by atoms with Gasteiger partial charge in [0.05, 0.1) is 0 Å². The summed E-state index contributed by atoms with van der Waals surface area (Å²) in [6.45, 7) is 4.04. The Morgan fingerprint density at radius 1 is 1.09 bits per heavy atom. The van der Waals surface area contributed by atoms with Crippen molar-refractivity contribution in [3.05, 3.63) is 64.7 Å². The summed E-state index contributed by atoms with van der Waals surface area (Å²) in [5, 5.41) is 14.8. The molecule has 0 unspecified atom stereocenters. The van der Waals surface area contributed by atoms with Gasteiger partial charge < -0.3 is 10.2 Å². The Labute approximate surface area is 189 Å². The van der Waals surface area contributed by atoms with E-state index in [1.807, 2.05) is 29.2 Å². The summed E-state index contributed by atoms with van der Waals surface area (Å²) in [6, 6.07) is 14.5. The highest BCUT2D eigenvalue weighted by molar-refractivity contribution is 7.15. The van der Waals surface area contributed by atoms with Crippen LogP contribution in [0.15, 0.2) is 48.5 Å². The minimum Gasteiger partial charge on any atom is -0.326 e. The second kappa shape index (κ2) is 9.27. The third-order valence-corrected chi connectivity index (χ3v) is 6.27. The van der Waals surface area contributed by atoms with Gasteiger partial charge in [0.15, 0.2) is 0 Å². The minimum atomic E-state index is -0.317. The van der Waals surface area contributed by atoms with Gasteiger partial charge in [0.1, 0.15) is 5.01 Å². The first kappa shape index (κ1) is 21.6. The van der Waals surface area contributed by atoms with Crippen LogP contribution in [0, 0.1) is 0 Å². The van der Waals surface area contributed by atoms with Crippen LogP contribution in [0.4, 0.5) is 16.5 Å². The zero-order valence-electron chi connectivity index (χ0n) is 17.8. The van der Waals surface area contributed by atoms with Gasteiger partial charge >= 0.3 is 0 Å². The number of anilines is 3. The molecule has 4 rings (SSSR count). The summed E-state index contributed by atoms with van der Waals surface area (Å²) in [5.41, 5.74) is 3.14. The molecule has 1 saturated heterocycles. The first-order valence-corrected chi connectivity index (χ1v) is 11.2. The molecule has 2 aromatic carbocycles. The Morgan fingerprint density at radius 2 is 1.84 bits per heavy atom. The van der Waals surface area contributed by atoms with E-state index in [1.54, 1.807) is 24.3 Å². The number of aryl methyl sites for hydroxylation is 1. The monoisotopic (exact) mass is 449 g/mol. The summed E-state index contributed by atoms with van der Waals surface area (Å²) < 4.78 is 0. The molecule has 164 valence electrons. The number of para-hydroxylation sites is 1. The highest BCUT2D eigenvalue weighted by Gasteiger charge is 2.34. The maximum Gasteiger partial charge on any atom is 0.257 e. The van der Waals surface area contributed by atoms with E-state index >= 15 is 0 Å². The van der Waals surface area contributed by atoms with Gasteiger partial charge in [0.2, 0.25) is 16.9 Å². The molecule has 2 heterocycles. The number of rotatable bonds is 6. The van der Waals surface area contributed by atoms with E-state index in [-0.39, 0.29) is 23.6 Å². The van der Waals surface area contributed by atoms with Crippen molar-refractivity contribution in [3.8, 4) is 0 Å². The first-order chi connectivity index (χ1) is 15.4. The fraction of sp³-hybridized carbons (Fsp3) is 0.261. The molecule has 2 N–H and O–H groups in total. The lowest BCUT2D eigenvalue weighted by atomic mass is 10.1. The molecule has 3 amide bonds. The summed E-state index contributed by atoms with van der Waals surface area (Å²) in [7, 11) is 0. The smallest absolute Gasteiger partial charge is 0.257 e. The van der Waals surface area contributed by atoms with E-state index in [2.05, 4.69) is 27.8 Å². The second-order valence-corrected chi connectivity index (χ2v) is 8.55. The van der Waals surface area contributed by atoms with Gasteiger partial charge in [-0.15, -0.1) is 10.2 Å². The van der Waals surface area contributed by atoms with E-state index in [0.29, 0.717) is 29.3 Å². The average Bonchev–Trinajstić information content (AvgIpc) is 3.40. The van der Waals surface area contributed by atoms with Crippen molar-refractivity contribution in [2.75, 3.05) is 22.1 Å². The number of nitrogens with zero attached hydrogens (tertiary/aromatic N) is 3. The van der Waals surface area contributed by atoms with E-state index in [9.17, 15) is 14.4 Å². The Balaban J connectivity index is 1.42. The number of hydrogen-bond acceptors (Lipinski definition) is 6. The Morgan fingerprint density at radius 3 is 2.56 bits per heavy atom. The summed E-state index contributed by atoms with van der Waals surface area (Å²) >= 11 is 1.28. The maximum absolute atomic E-state index is 12.7. The molecule has 1 aromatic heterocycles. The van der Waals surface area contributed by atoms with E-state index in [0.717, 1.165) is 22.7 Å². The molecule has 0 aliphatic carbocycles. The number of aromatic nitrogens is 2. The molecule has 9 heteroatoms. The van der Waals surface area contributed by atoms with Crippen LogP contribution in [0.5, 0.6) is 0 Å². The van der Waals surface area contributed by atoms with Crippen LogP contribution in [-0.4, -0.2) is 34.5 Å². The predicted octanol–water partition coefficient (Wildman–Crippen LogP) is 3.83. The van der Waals surface area contributed by atoms with Gasteiger partial charge in [-0.1, -0.05) is 36.5 Å². The third kappa shape index (κ3) is 4.67. The van der Waals surface area contributed by atoms with Crippen molar-refractivity contribution < 1.29 is 14.4 Å². The molecular formula is C23H23N5O3S. The van der Waals surface area contributed by atoms with Crippen molar-refractivity contribution in [1.82, 2.24) is 10.2 Å². The molecule has 8 nitrogen and oxygen atoms in total. The normalized spacial score (nSPS) is 15.6. The van der Waals surface area contributed by atoms with Crippen LogP contribution in [0.3, 0.4) is 0 Å². The van der Waals surface area contributed by atoms with E-state index < -0.39 is 0 Å². The first-order valence-electron chi connectivity index (χ1n) is 10.3. The quantitative estimate of drug-likeness (QED) is 0.595. The SMILES string of the molecule is CCc1ccccc1N1C[C@H](c2nnc(NC(=O)c3ccc(NC(C)=O)cc3)s2)CC1=O. The molecule has 0 saturated carbocycles. The topological polar surface area (TPSA) is 104 Å². The molecule has 1 fully saturated rings. The van der Waals surface area contributed by atoms with Gasteiger partial charge in [-0.2, -0.15) is 0 Å². The number of carbonyl (C=O) groups is 3. The van der Waals surface area contributed by atoms with Crippen LogP contribution in [0.2, 0.25) is 0 Å². The Bertz CT molecular complexity index is 1160. The van der Waals surface area contributed by atoms with Gasteiger partial charge in [0.25, 0.3) is 5.91 Å². The molecule has 1 aliphatic heterocycles. The maximum atomic E-state index is 12.7. The van der Waals surface area contributed by atoms with Crippen molar-refractivity contribution in [2.45, 2.75) is 32.6 Å². The van der Waals surface area contributed by atoms with Crippen LogP contribution in [0.25, 0.3) is 0 Å². The molecule has 32 heavy (non-hydrogen) atoms. The molecule has 0 radical (unpaired) electrons. The zero-order chi connectivity index (χ0) is 22.7. The molecule has 0 spiro atoms. The number of hydrogen-bond donors (Lipinski definition) is 2. The van der Waals surface area contributed by atoms with Crippen LogP contribution in [0.1, 0.15) is 47.1 Å². The molecule has 1 atom stereocenters. The van der Waals surface area contributed by atoms with Crippen LogP contribution < -0.4 is 15.5 Å². The lowest BCUT2D eigenvalue weighted by Crippen LogP contribution is -2.25. The fourth-order valence-electron chi connectivity index (χ4n) is 3.71. The largest absolute Gasteiger partial charge is 0.326 e. The highest BCUT2D eigenvalue weighted by atomic mass is 32.1. The lowest BCUT2D eigenvalue weighted by Gasteiger charge is -2.19. The van der Waals surface area contributed by atoms with E-state index in [4.69, 9.17) is 0 Å².